The van der Waals surface area contributed by atoms with Crippen molar-refractivity contribution in [2.75, 3.05) is 7.11 Å². The second-order valence-electron chi connectivity index (χ2n) is 4.74. The molecule has 1 N–H and O–H groups in total. The minimum Gasteiger partial charge on any atom is -0.497 e. The molecule has 2 aromatic rings. The van der Waals surface area contributed by atoms with Gasteiger partial charge < -0.3 is 10.1 Å². The van der Waals surface area contributed by atoms with Crippen molar-refractivity contribution in [3.05, 3.63) is 45.2 Å². The van der Waals surface area contributed by atoms with Crippen LogP contribution in [0.25, 0.3) is 0 Å². The van der Waals surface area contributed by atoms with Gasteiger partial charge in [-0.2, -0.15) is 0 Å². The first-order chi connectivity index (χ1) is 9.51. The summed E-state index contributed by atoms with van der Waals surface area (Å²) in [7, 11) is 1.53. The van der Waals surface area contributed by atoms with E-state index < -0.39 is 0 Å². The Morgan fingerprint density at radius 3 is 2.70 bits per heavy atom. The molecule has 0 saturated carbocycles. The normalized spacial score (nSPS) is 12.4. The van der Waals surface area contributed by atoms with Gasteiger partial charge in [0, 0.05) is 29.1 Å². The zero-order chi connectivity index (χ0) is 14.7. The molecule has 108 valence electrons. The lowest BCUT2D eigenvalue weighted by atomic mass is 10.1. The number of halogens is 1. The highest BCUT2D eigenvalue weighted by Gasteiger charge is 2.13. The average Bonchev–Trinajstić information content (AvgIpc) is 2.76. The number of hydrogen-bond donors (Lipinski definition) is 1. The molecular weight excluding hydrogens is 275 g/mol. The van der Waals surface area contributed by atoms with Crippen LogP contribution in [0.15, 0.2) is 18.2 Å². The Kier molecular flexibility index (Phi) is 4.73. The maximum absolute atomic E-state index is 13.8. The van der Waals surface area contributed by atoms with Crippen LogP contribution in [0.2, 0.25) is 0 Å². The van der Waals surface area contributed by atoms with Gasteiger partial charge in [0.25, 0.3) is 0 Å². The highest BCUT2D eigenvalue weighted by Crippen LogP contribution is 2.25. The highest BCUT2D eigenvalue weighted by atomic mass is 32.1. The Labute approximate surface area is 122 Å². The number of aryl methyl sites for hydroxylation is 2. The summed E-state index contributed by atoms with van der Waals surface area (Å²) in [6.07, 6.45) is 0. The van der Waals surface area contributed by atoms with E-state index in [1.54, 1.807) is 23.5 Å². The summed E-state index contributed by atoms with van der Waals surface area (Å²) in [4.78, 5) is 5.62. The second-order valence-corrected chi connectivity index (χ2v) is 5.98. The predicted octanol–water partition coefficient (Wildman–Crippen LogP) is 3.76. The maximum atomic E-state index is 13.8. The molecule has 5 heteroatoms. The Morgan fingerprint density at radius 2 is 2.15 bits per heavy atom. The number of methoxy groups -OCH3 is 1. The first-order valence-corrected chi connectivity index (χ1v) is 7.32. The molecule has 0 aliphatic rings. The minimum absolute atomic E-state index is 0.155. The predicted molar refractivity (Wildman–Crippen MR) is 79.8 cm³/mol. The number of rotatable bonds is 5. The van der Waals surface area contributed by atoms with Gasteiger partial charge in [0.2, 0.25) is 0 Å². The summed E-state index contributed by atoms with van der Waals surface area (Å²) in [6, 6.07) is 5.08. The SMILES string of the molecule is COc1ccc(CNC(C)c2sc(C)nc2C)c(F)c1. The molecule has 20 heavy (non-hydrogen) atoms. The summed E-state index contributed by atoms with van der Waals surface area (Å²) in [5, 5.41) is 4.39. The van der Waals surface area contributed by atoms with E-state index in [0.29, 0.717) is 17.9 Å². The van der Waals surface area contributed by atoms with Crippen molar-refractivity contribution in [2.45, 2.75) is 33.4 Å². The number of nitrogens with one attached hydrogen (secondary N) is 1. The molecule has 3 nitrogen and oxygen atoms in total. The number of thiazole rings is 1. The summed E-state index contributed by atoms with van der Waals surface area (Å²) in [6.45, 7) is 6.55. The topological polar surface area (TPSA) is 34.1 Å². The van der Waals surface area contributed by atoms with E-state index in [4.69, 9.17) is 4.74 Å². The molecule has 0 saturated heterocycles. The molecule has 1 atom stereocenters. The lowest BCUT2D eigenvalue weighted by Gasteiger charge is -2.13. The first-order valence-electron chi connectivity index (χ1n) is 6.51. The fraction of sp³-hybridized carbons (Fsp3) is 0.400. The Balaban J connectivity index is 2.03. The van der Waals surface area contributed by atoms with E-state index in [9.17, 15) is 4.39 Å². The van der Waals surface area contributed by atoms with Crippen molar-refractivity contribution >= 4 is 11.3 Å². The third-order valence-electron chi connectivity index (χ3n) is 3.19. The molecule has 1 aromatic carbocycles. The van der Waals surface area contributed by atoms with Crippen LogP contribution in [0, 0.1) is 19.7 Å². The van der Waals surface area contributed by atoms with Crippen LogP contribution in [-0.4, -0.2) is 12.1 Å². The lowest BCUT2D eigenvalue weighted by molar-refractivity contribution is 0.410. The average molecular weight is 294 g/mol. The van der Waals surface area contributed by atoms with Crippen molar-refractivity contribution in [1.29, 1.82) is 0 Å². The van der Waals surface area contributed by atoms with Crippen LogP contribution in [0.3, 0.4) is 0 Å². The molecule has 0 aliphatic carbocycles. The van der Waals surface area contributed by atoms with E-state index in [1.165, 1.54) is 18.1 Å². The van der Waals surface area contributed by atoms with E-state index in [-0.39, 0.29) is 11.9 Å². The van der Waals surface area contributed by atoms with Gasteiger partial charge >= 0.3 is 0 Å². The van der Waals surface area contributed by atoms with Crippen molar-refractivity contribution in [2.24, 2.45) is 0 Å². The van der Waals surface area contributed by atoms with Crippen LogP contribution in [-0.2, 0) is 6.54 Å². The third-order valence-corrected chi connectivity index (χ3v) is 4.45. The molecule has 0 bridgehead atoms. The fourth-order valence-electron chi connectivity index (χ4n) is 2.10. The van der Waals surface area contributed by atoms with E-state index >= 15 is 0 Å². The number of nitrogens with zero attached hydrogens (tertiary/aromatic N) is 1. The summed E-state index contributed by atoms with van der Waals surface area (Å²) < 4.78 is 18.8. The minimum atomic E-state index is -0.249. The van der Waals surface area contributed by atoms with Gasteiger partial charge in [-0.15, -0.1) is 11.3 Å². The molecule has 0 fully saturated rings. The highest BCUT2D eigenvalue weighted by molar-refractivity contribution is 7.11. The zero-order valence-corrected chi connectivity index (χ0v) is 13.0. The standard InChI is InChI=1S/C15H19FN2OS/c1-9(15-10(2)18-11(3)20-15)17-8-12-5-6-13(19-4)7-14(12)16/h5-7,9,17H,8H2,1-4H3. The number of benzene rings is 1. The van der Waals surface area contributed by atoms with Gasteiger partial charge in [0.05, 0.1) is 17.8 Å². The van der Waals surface area contributed by atoms with E-state index in [0.717, 1.165) is 10.7 Å². The second kappa shape index (κ2) is 6.33. The van der Waals surface area contributed by atoms with Gasteiger partial charge in [0.1, 0.15) is 11.6 Å². The molecule has 0 amide bonds. The molecule has 0 spiro atoms. The van der Waals surface area contributed by atoms with Crippen molar-refractivity contribution in [3.8, 4) is 5.75 Å². The number of ether oxygens (including phenoxy) is 1. The number of hydrogen-bond acceptors (Lipinski definition) is 4. The van der Waals surface area contributed by atoms with E-state index in [2.05, 4.69) is 17.2 Å². The van der Waals surface area contributed by atoms with Crippen molar-refractivity contribution < 1.29 is 9.13 Å². The first kappa shape index (κ1) is 14.9. The van der Waals surface area contributed by atoms with Gasteiger partial charge in [-0.3, -0.25) is 0 Å². The Bertz CT molecular complexity index is 598. The van der Waals surface area contributed by atoms with Gasteiger partial charge in [-0.05, 0) is 26.8 Å². The molecule has 2 rings (SSSR count). The summed E-state index contributed by atoms with van der Waals surface area (Å²) >= 11 is 1.68. The van der Waals surface area contributed by atoms with Crippen LogP contribution >= 0.6 is 11.3 Å². The Hall–Kier alpha value is -1.46. The monoisotopic (exact) mass is 294 g/mol. The molecule has 1 aromatic heterocycles. The van der Waals surface area contributed by atoms with Gasteiger partial charge in [-0.1, -0.05) is 6.07 Å². The molecule has 1 unspecified atom stereocenters. The molecule has 0 aliphatic heterocycles. The largest absolute Gasteiger partial charge is 0.497 e. The quantitative estimate of drug-likeness (QED) is 0.911. The smallest absolute Gasteiger partial charge is 0.131 e. The molecule has 1 heterocycles. The summed E-state index contributed by atoms with van der Waals surface area (Å²) in [5.74, 6) is 0.287. The van der Waals surface area contributed by atoms with Crippen molar-refractivity contribution in [1.82, 2.24) is 10.3 Å². The van der Waals surface area contributed by atoms with Crippen LogP contribution in [0.4, 0.5) is 4.39 Å². The van der Waals surface area contributed by atoms with Gasteiger partial charge in [-0.25, -0.2) is 9.37 Å². The van der Waals surface area contributed by atoms with Crippen molar-refractivity contribution in [3.63, 3.8) is 0 Å². The number of aromatic nitrogens is 1. The zero-order valence-electron chi connectivity index (χ0n) is 12.2. The third kappa shape index (κ3) is 3.35. The molecule has 0 radical (unpaired) electrons. The maximum Gasteiger partial charge on any atom is 0.131 e. The van der Waals surface area contributed by atoms with Crippen LogP contribution in [0.1, 0.15) is 34.1 Å². The van der Waals surface area contributed by atoms with Crippen LogP contribution < -0.4 is 10.1 Å². The Morgan fingerprint density at radius 1 is 1.40 bits per heavy atom. The lowest BCUT2D eigenvalue weighted by Crippen LogP contribution is -2.18. The fourth-order valence-corrected chi connectivity index (χ4v) is 3.06. The summed E-state index contributed by atoms with van der Waals surface area (Å²) in [5.41, 5.74) is 1.68. The van der Waals surface area contributed by atoms with Crippen LogP contribution in [0.5, 0.6) is 5.75 Å². The molecular formula is C15H19FN2OS. The van der Waals surface area contributed by atoms with E-state index in [1.807, 2.05) is 13.8 Å². The van der Waals surface area contributed by atoms with Gasteiger partial charge in [0.15, 0.2) is 0 Å².